The Morgan fingerprint density at radius 1 is 1.45 bits per heavy atom. The summed E-state index contributed by atoms with van der Waals surface area (Å²) in [6.45, 7) is 1.57. The van der Waals surface area contributed by atoms with Gasteiger partial charge in [-0.2, -0.15) is 0 Å². The number of hydrogen-bond acceptors (Lipinski definition) is 4. The highest BCUT2D eigenvalue weighted by Crippen LogP contribution is 2.17. The van der Waals surface area contributed by atoms with E-state index in [1.807, 2.05) is 0 Å². The largest absolute Gasteiger partial charge is 0.481 e. The Morgan fingerprint density at radius 2 is 2.20 bits per heavy atom. The summed E-state index contributed by atoms with van der Waals surface area (Å²) >= 11 is 1.14. The second-order valence-electron chi connectivity index (χ2n) is 4.13. The summed E-state index contributed by atoms with van der Waals surface area (Å²) in [4.78, 5) is 26.4. The molecular formula is C13H11FN2O3S. The predicted molar refractivity (Wildman–Crippen MR) is 72.5 cm³/mol. The molecule has 1 aromatic carbocycles. The van der Waals surface area contributed by atoms with Gasteiger partial charge in [0.05, 0.1) is 12.1 Å². The van der Waals surface area contributed by atoms with Crippen LogP contribution in [0.5, 0.6) is 0 Å². The van der Waals surface area contributed by atoms with Crippen molar-refractivity contribution in [3.63, 3.8) is 0 Å². The fourth-order valence-corrected chi connectivity index (χ4v) is 2.26. The Labute approximate surface area is 118 Å². The number of nitrogens with one attached hydrogen (secondary N) is 1. The number of halogens is 1. The zero-order valence-electron chi connectivity index (χ0n) is 10.5. The number of hydrogen-bond donors (Lipinski definition) is 2. The molecule has 0 fully saturated rings. The summed E-state index contributed by atoms with van der Waals surface area (Å²) in [5, 5.41) is 13.1. The molecule has 2 aromatic rings. The number of rotatable bonds is 4. The predicted octanol–water partition coefficient (Wildman–Crippen LogP) is 2.47. The van der Waals surface area contributed by atoms with Crippen molar-refractivity contribution in [3.8, 4) is 0 Å². The van der Waals surface area contributed by atoms with Gasteiger partial charge in [-0.05, 0) is 30.7 Å². The zero-order valence-corrected chi connectivity index (χ0v) is 11.3. The number of aromatic nitrogens is 1. The number of carbonyl (C=O) groups is 2. The van der Waals surface area contributed by atoms with Gasteiger partial charge in [-0.15, -0.1) is 11.3 Å². The van der Waals surface area contributed by atoms with Gasteiger partial charge in [0.15, 0.2) is 5.13 Å². The van der Waals surface area contributed by atoms with Crippen LogP contribution >= 0.6 is 11.3 Å². The van der Waals surface area contributed by atoms with Crippen molar-refractivity contribution < 1.29 is 19.1 Å². The number of nitrogens with zero attached hydrogens (tertiary/aromatic N) is 1. The average molecular weight is 294 g/mol. The van der Waals surface area contributed by atoms with E-state index in [1.54, 1.807) is 12.3 Å². The molecule has 2 N–H and O–H groups in total. The van der Waals surface area contributed by atoms with E-state index in [2.05, 4.69) is 10.3 Å². The third-order valence-electron chi connectivity index (χ3n) is 2.52. The third-order valence-corrected chi connectivity index (χ3v) is 3.33. The molecule has 1 heterocycles. The van der Waals surface area contributed by atoms with Crippen molar-refractivity contribution >= 4 is 28.3 Å². The van der Waals surface area contributed by atoms with Crippen LogP contribution in [0.2, 0.25) is 0 Å². The lowest BCUT2D eigenvalue weighted by Gasteiger charge is -2.03. The number of thiazole rings is 1. The number of anilines is 1. The monoisotopic (exact) mass is 294 g/mol. The van der Waals surface area contributed by atoms with E-state index in [4.69, 9.17) is 5.11 Å². The first-order valence-electron chi connectivity index (χ1n) is 5.69. The lowest BCUT2D eigenvalue weighted by atomic mass is 10.1. The number of carbonyl (C=O) groups excluding carboxylic acids is 1. The quantitative estimate of drug-likeness (QED) is 0.908. The van der Waals surface area contributed by atoms with Crippen LogP contribution in [0.3, 0.4) is 0 Å². The van der Waals surface area contributed by atoms with E-state index in [0.717, 1.165) is 11.3 Å². The Kier molecular flexibility index (Phi) is 4.09. The maximum Gasteiger partial charge on any atom is 0.309 e. The molecule has 0 aliphatic rings. The summed E-state index contributed by atoms with van der Waals surface area (Å²) in [6.07, 6.45) is -0.192. The van der Waals surface area contributed by atoms with Gasteiger partial charge >= 0.3 is 5.97 Å². The first-order valence-corrected chi connectivity index (χ1v) is 6.57. The summed E-state index contributed by atoms with van der Waals surface area (Å²) in [7, 11) is 0. The molecule has 0 bridgehead atoms. The third kappa shape index (κ3) is 3.39. The fraction of sp³-hybridized carbons (Fsp3) is 0.154. The lowest BCUT2D eigenvalue weighted by molar-refractivity contribution is -0.136. The summed E-state index contributed by atoms with van der Waals surface area (Å²) in [5.74, 6) is -1.77. The van der Waals surface area contributed by atoms with E-state index in [9.17, 15) is 14.0 Å². The highest BCUT2D eigenvalue weighted by atomic mass is 32.1. The van der Waals surface area contributed by atoms with E-state index in [1.165, 1.54) is 18.2 Å². The lowest BCUT2D eigenvalue weighted by Crippen LogP contribution is -2.12. The van der Waals surface area contributed by atoms with Crippen molar-refractivity contribution in [2.45, 2.75) is 13.3 Å². The summed E-state index contributed by atoms with van der Waals surface area (Å²) in [5.41, 5.74) is 1.08. The van der Waals surface area contributed by atoms with Gasteiger partial charge in [-0.25, -0.2) is 9.37 Å². The molecule has 0 spiro atoms. The van der Waals surface area contributed by atoms with Gasteiger partial charge in [0.1, 0.15) is 5.82 Å². The van der Waals surface area contributed by atoms with E-state index in [0.29, 0.717) is 22.0 Å². The first-order chi connectivity index (χ1) is 9.45. The minimum Gasteiger partial charge on any atom is -0.481 e. The number of carboxylic acid groups (broad SMARTS) is 1. The number of amides is 1. The maximum absolute atomic E-state index is 13.1. The highest BCUT2D eigenvalue weighted by molar-refractivity contribution is 7.14. The molecule has 0 unspecified atom stereocenters. The Hall–Kier alpha value is -2.28. The van der Waals surface area contributed by atoms with Crippen LogP contribution < -0.4 is 5.32 Å². The average Bonchev–Trinajstić information content (AvgIpc) is 2.79. The molecule has 0 saturated heterocycles. The minimum atomic E-state index is -0.984. The van der Waals surface area contributed by atoms with E-state index < -0.39 is 11.9 Å². The standard InChI is InChI=1S/C13H11FN2O3S/c1-7-4-8(2-3-10(7)14)12(19)16-13-15-9(6-20-13)5-11(17)18/h2-4,6H,5H2,1H3,(H,17,18)(H,15,16,19). The zero-order chi connectivity index (χ0) is 14.7. The van der Waals surface area contributed by atoms with Gasteiger partial charge in [-0.1, -0.05) is 0 Å². The molecule has 1 aromatic heterocycles. The molecule has 5 nitrogen and oxygen atoms in total. The maximum atomic E-state index is 13.1. The number of aliphatic carboxylic acids is 1. The first kappa shape index (κ1) is 14.1. The van der Waals surface area contributed by atoms with Crippen LogP contribution in [0.4, 0.5) is 9.52 Å². The number of aryl methyl sites for hydroxylation is 1. The fourth-order valence-electron chi connectivity index (χ4n) is 1.56. The van der Waals surface area contributed by atoms with Crippen molar-refractivity contribution in [2.75, 3.05) is 5.32 Å². The molecule has 1 amide bonds. The van der Waals surface area contributed by atoms with Crippen molar-refractivity contribution in [1.82, 2.24) is 4.98 Å². The SMILES string of the molecule is Cc1cc(C(=O)Nc2nc(CC(=O)O)cs2)ccc1F. The molecule has 0 atom stereocenters. The molecule has 2 rings (SSSR count). The minimum absolute atomic E-state index is 0.192. The van der Waals surface area contributed by atoms with Crippen LogP contribution in [0.1, 0.15) is 21.6 Å². The van der Waals surface area contributed by atoms with Crippen LogP contribution in [0, 0.1) is 12.7 Å². The Balaban J connectivity index is 2.09. The highest BCUT2D eigenvalue weighted by Gasteiger charge is 2.11. The van der Waals surface area contributed by atoms with Gasteiger partial charge in [0.2, 0.25) is 0 Å². The Morgan fingerprint density at radius 3 is 2.85 bits per heavy atom. The summed E-state index contributed by atoms with van der Waals surface area (Å²) in [6, 6.07) is 4.04. The van der Waals surface area contributed by atoms with Crippen LogP contribution in [-0.2, 0) is 11.2 Å². The second-order valence-corrected chi connectivity index (χ2v) is 4.99. The second kappa shape index (κ2) is 5.79. The van der Waals surface area contributed by atoms with E-state index >= 15 is 0 Å². The number of carboxylic acids is 1. The topological polar surface area (TPSA) is 79.3 Å². The van der Waals surface area contributed by atoms with Gasteiger partial charge < -0.3 is 5.11 Å². The normalized spacial score (nSPS) is 10.3. The molecule has 0 saturated carbocycles. The van der Waals surface area contributed by atoms with Crippen LogP contribution in [-0.4, -0.2) is 22.0 Å². The molecular weight excluding hydrogens is 283 g/mol. The van der Waals surface area contributed by atoms with Crippen molar-refractivity contribution in [1.29, 1.82) is 0 Å². The molecule has 104 valence electrons. The molecule has 7 heteroatoms. The molecule has 20 heavy (non-hydrogen) atoms. The van der Waals surface area contributed by atoms with Crippen molar-refractivity contribution in [2.24, 2.45) is 0 Å². The molecule has 0 aliphatic heterocycles. The van der Waals surface area contributed by atoms with E-state index in [-0.39, 0.29) is 12.2 Å². The van der Waals surface area contributed by atoms with Gasteiger partial charge in [0, 0.05) is 10.9 Å². The Bertz CT molecular complexity index is 669. The van der Waals surface area contributed by atoms with Gasteiger partial charge in [0.25, 0.3) is 5.91 Å². The smallest absolute Gasteiger partial charge is 0.309 e. The van der Waals surface area contributed by atoms with Crippen LogP contribution in [0.25, 0.3) is 0 Å². The number of benzene rings is 1. The summed E-state index contributed by atoms with van der Waals surface area (Å²) < 4.78 is 13.1. The molecule has 0 aliphatic carbocycles. The van der Waals surface area contributed by atoms with Crippen molar-refractivity contribution in [3.05, 3.63) is 46.2 Å². The van der Waals surface area contributed by atoms with Crippen LogP contribution in [0.15, 0.2) is 23.6 Å². The molecule has 0 radical (unpaired) electrons. The van der Waals surface area contributed by atoms with Gasteiger partial charge in [-0.3, -0.25) is 14.9 Å².